The van der Waals surface area contributed by atoms with Crippen molar-refractivity contribution in [1.29, 1.82) is 0 Å². The van der Waals surface area contributed by atoms with Gasteiger partial charge in [0.15, 0.2) is 0 Å². The molecule has 2 aromatic carbocycles. The van der Waals surface area contributed by atoms with Crippen molar-refractivity contribution in [2.45, 2.75) is 0 Å². The first-order valence-electron chi connectivity index (χ1n) is 6.30. The third kappa shape index (κ3) is 4.10. The topological polar surface area (TPSA) is 72.2 Å². The number of rotatable bonds is 4. The molecule has 0 radical (unpaired) electrons. The summed E-state index contributed by atoms with van der Waals surface area (Å²) in [7, 11) is 0. The van der Waals surface area contributed by atoms with Crippen LogP contribution in [0.15, 0.2) is 48.5 Å². The standard InChI is InChI=1S/C16H12Cl2N2O2/c17-12-7-5-10(9-13(12)18)6-8-15(21)20-14-4-2-1-3-11(14)16(19)22/h1-9H,(H2,19,22)(H,20,21)/b8-6+. The quantitative estimate of drug-likeness (QED) is 0.836. The molecule has 0 heterocycles. The van der Waals surface area contributed by atoms with Gasteiger partial charge in [0.2, 0.25) is 5.91 Å². The van der Waals surface area contributed by atoms with Crippen molar-refractivity contribution in [1.82, 2.24) is 0 Å². The minimum Gasteiger partial charge on any atom is -0.366 e. The normalized spacial score (nSPS) is 10.6. The van der Waals surface area contributed by atoms with Crippen molar-refractivity contribution < 1.29 is 9.59 Å². The number of carbonyl (C=O) groups excluding carboxylic acids is 2. The van der Waals surface area contributed by atoms with E-state index in [2.05, 4.69) is 5.32 Å². The first kappa shape index (κ1) is 16.1. The van der Waals surface area contributed by atoms with Crippen LogP contribution in [0.3, 0.4) is 0 Å². The van der Waals surface area contributed by atoms with E-state index in [0.717, 1.165) is 5.56 Å². The number of primary amides is 1. The molecule has 0 saturated carbocycles. The number of amides is 2. The van der Waals surface area contributed by atoms with Crippen LogP contribution >= 0.6 is 23.2 Å². The Labute approximate surface area is 137 Å². The number of nitrogens with two attached hydrogens (primary N) is 1. The Balaban J connectivity index is 2.11. The number of anilines is 1. The Kier molecular flexibility index (Phi) is 5.20. The number of hydrogen-bond donors (Lipinski definition) is 2. The molecular weight excluding hydrogens is 323 g/mol. The molecule has 0 saturated heterocycles. The highest BCUT2D eigenvalue weighted by molar-refractivity contribution is 6.42. The van der Waals surface area contributed by atoms with Crippen LogP contribution in [0.1, 0.15) is 15.9 Å². The SMILES string of the molecule is NC(=O)c1ccccc1NC(=O)/C=C/c1ccc(Cl)c(Cl)c1. The molecule has 112 valence electrons. The highest BCUT2D eigenvalue weighted by Crippen LogP contribution is 2.23. The van der Waals surface area contributed by atoms with Gasteiger partial charge in [-0.15, -0.1) is 0 Å². The first-order valence-corrected chi connectivity index (χ1v) is 7.06. The molecule has 0 spiro atoms. The smallest absolute Gasteiger partial charge is 0.250 e. The lowest BCUT2D eigenvalue weighted by Gasteiger charge is -2.06. The molecule has 3 N–H and O–H groups in total. The van der Waals surface area contributed by atoms with Gasteiger partial charge in [0.1, 0.15) is 0 Å². The van der Waals surface area contributed by atoms with E-state index in [1.165, 1.54) is 6.08 Å². The molecule has 0 aliphatic carbocycles. The molecule has 0 aromatic heterocycles. The van der Waals surface area contributed by atoms with Gasteiger partial charge in [-0.25, -0.2) is 0 Å². The molecule has 0 aliphatic heterocycles. The molecule has 0 unspecified atom stereocenters. The van der Waals surface area contributed by atoms with Gasteiger partial charge in [-0.05, 0) is 35.9 Å². The summed E-state index contributed by atoms with van der Waals surface area (Å²) < 4.78 is 0. The van der Waals surface area contributed by atoms with Gasteiger partial charge >= 0.3 is 0 Å². The second-order valence-electron chi connectivity index (χ2n) is 4.41. The molecule has 0 aliphatic rings. The predicted molar refractivity (Wildman–Crippen MR) is 89.1 cm³/mol. The summed E-state index contributed by atoms with van der Waals surface area (Å²) in [4.78, 5) is 23.2. The summed E-state index contributed by atoms with van der Waals surface area (Å²) in [5.74, 6) is -0.996. The maximum absolute atomic E-state index is 11.9. The third-order valence-electron chi connectivity index (χ3n) is 2.82. The minimum absolute atomic E-state index is 0.249. The number of halogens is 2. The third-order valence-corrected chi connectivity index (χ3v) is 3.56. The van der Waals surface area contributed by atoms with Crippen LogP contribution in [-0.4, -0.2) is 11.8 Å². The van der Waals surface area contributed by atoms with E-state index in [-0.39, 0.29) is 11.5 Å². The molecule has 4 nitrogen and oxygen atoms in total. The maximum Gasteiger partial charge on any atom is 0.250 e. The zero-order valence-corrected chi connectivity index (χ0v) is 12.9. The lowest BCUT2D eigenvalue weighted by molar-refractivity contribution is -0.111. The van der Waals surface area contributed by atoms with Gasteiger partial charge in [-0.1, -0.05) is 41.4 Å². The van der Waals surface area contributed by atoms with Crippen molar-refractivity contribution in [2.24, 2.45) is 5.73 Å². The fourth-order valence-corrected chi connectivity index (χ4v) is 2.08. The number of benzene rings is 2. The molecule has 0 fully saturated rings. The zero-order chi connectivity index (χ0) is 16.1. The Morgan fingerprint density at radius 2 is 1.77 bits per heavy atom. The first-order chi connectivity index (χ1) is 10.5. The molecule has 0 atom stereocenters. The van der Waals surface area contributed by atoms with E-state index in [9.17, 15) is 9.59 Å². The van der Waals surface area contributed by atoms with Crippen molar-refractivity contribution in [3.05, 3.63) is 69.7 Å². The number of hydrogen-bond acceptors (Lipinski definition) is 2. The van der Waals surface area contributed by atoms with Crippen LogP contribution in [0.25, 0.3) is 6.08 Å². The second-order valence-corrected chi connectivity index (χ2v) is 5.22. The highest BCUT2D eigenvalue weighted by Gasteiger charge is 2.08. The zero-order valence-electron chi connectivity index (χ0n) is 11.3. The monoisotopic (exact) mass is 334 g/mol. The fourth-order valence-electron chi connectivity index (χ4n) is 1.77. The number of nitrogens with one attached hydrogen (secondary N) is 1. The van der Waals surface area contributed by atoms with Crippen LogP contribution in [0.5, 0.6) is 0 Å². The number of carbonyl (C=O) groups is 2. The summed E-state index contributed by atoms with van der Waals surface area (Å²) >= 11 is 11.7. The van der Waals surface area contributed by atoms with Gasteiger partial charge in [0.05, 0.1) is 21.3 Å². The lowest BCUT2D eigenvalue weighted by Crippen LogP contribution is -2.16. The van der Waals surface area contributed by atoms with E-state index in [4.69, 9.17) is 28.9 Å². The van der Waals surface area contributed by atoms with Crippen molar-refractivity contribution in [2.75, 3.05) is 5.32 Å². The van der Waals surface area contributed by atoms with Gasteiger partial charge < -0.3 is 11.1 Å². The predicted octanol–water partition coefficient (Wildman–Crippen LogP) is 3.74. The van der Waals surface area contributed by atoms with Crippen molar-refractivity contribution in [3.8, 4) is 0 Å². The lowest BCUT2D eigenvalue weighted by atomic mass is 10.1. The van der Waals surface area contributed by atoms with E-state index in [1.54, 1.807) is 48.5 Å². The Bertz CT molecular complexity index is 758. The summed E-state index contributed by atoms with van der Waals surface area (Å²) in [6, 6.07) is 11.5. The van der Waals surface area contributed by atoms with Crippen LogP contribution < -0.4 is 11.1 Å². The van der Waals surface area contributed by atoms with Crippen LogP contribution in [0.4, 0.5) is 5.69 Å². The van der Waals surface area contributed by atoms with Crippen LogP contribution in [0.2, 0.25) is 10.0 Å². The minimum atomic E-state index is -0.607. The summed E-state index contributed by atoms with van der Waals surface area (Å²) in [5.41, 5.74) is 6.59. The second kappa shape index (κ2) is 7.11. The van der Waals surface area contributed by atoms with Gasteiger partial charge in [0.25, 0.3) is 5.91 Å². The highest BCUT2D eigenvalue weighted by atomic mass is 35.5. The van der Waals surface area contributed by atoms with Crippen molar-refractivity contribution in [3.63, 3.8) is 0 Å². The number of para-hydroxylation sites is 1. The van der Waals surface area contributed by atoms with Crippen LogP contribution in [0, 0.1) is 0 Å². The average Bonchev–Trinajstić information content (AvgIpc) is 2.49. The Hall–Kier alpha value is -2.30. The van der Waals surface area contributed by atoms with E-state index in [0.29, 0.717) is 15.7 Å². The van der Waals surface area contributed by atoms with Crippen molar-refractivity contribution >= 4 is 46.8 Å². The van der Waals surface area contributed by atoms with Gasteiger partial charge in [-0.3, -0.25) is 9.59 Å². The fraction of sp³-hybridized carbons (Fsp3) is 0. The Morgan fingerprint density at radius 1 is 1.05 bits per heavy atom. The maximum atomic E-state index is 11.9. The van der Waals surface area contributed by atoms with E-state index < -0.39 is 5.91 Å². The van der Waals surface area contributed by atoms with E-state index >= 15 is 0 Å². The molecule has 0 bridgehead atoms. The summed E-state index contributed by atoms with van der Waals surface area (Å²) in [6.45, 7) is 0. The summed E-state index contributed by atoms with van der Waals surface area (Å²) in [5, 5.41) is 3.45. The molecular formula is C16H12Cl2N2O2. The Morgan fingerprint density at radius 3 is 2.45 bits per heavy atom. The summed E-state index contributed by atoms with van der Waals surface area (Å²) in [6.07, 6.45) is 2.92. The average molecular weight is 335 g/mol. The van der Waals surface area contributed by atoms with E-state index in [1.807, 2.05) is 0 Å². The molecule has 2 rings (SSSR count). The van der Waals surface area contributed by atoms with Gasteiger partial charge in [0, 0.05) is 6.08 Å². The van der Waals surface area contributed by atoms with Gasteiger partial charge in [-0.2, -0.15) is 0 Å². The molecule has 22 heavy (non-hydrogen) atoms. The van der Waals surface area contributed by atoms with Crippen LogP contribution in [-0.2, 0) is 4.79 Å². The molecule has 2 aromatic rings. The molecule has 6 heteroatoms. The largest absolute Gasteiger partial charge is 0.366 e. The molecule has 2 amide bonds.